The van der Waals surface area contributed by atoms with Crippen molar-refractivity contribution in [2.45, 2.75) is 12.6 Å². The second-order valence-corrected chi connectivity index (χ2v) is 10.8. The van der Waals surface area contributed by atoms with E-state index in [1.165, 1.54) is 6.42 Å². The Kier molecular flexibility index (Phi) is 10.2. The van der Waals surface area contributed by atoms with Gasteiger partial charge in [-0.15, -0.1) is 0 Å². The van der Waals surface area contributed by atoms with E-state index in [0.717, 1.165) is 28.8 Å². The Balaban J connectivity index is 0.000000467. The molecule has 3 atom stereocenters. The largest absolute Gasteiger partial charge is 0.388 e. The van der Waals surface area contributed by atoms with Crippen LogP contribution < -0.4 is 21.3 Å². The molecule has 0 heterocycles. The van der Waals surface area contributed by atoms with Gasteiger partial charge in [-0.05, 0) is 90.6 Å². The first-order chi connectivity index (χ1) is 21.9. The molecule has 0 radical (unpaired) electrons. The normalized spacial score (nSPS) is 16.4. The molecular formula is C37H38N4O4. The molecule has 4 aromatic carbocycles. The van der Waals surface area contributed by atoms with Crippen LogP contribution in [0.5, 0.6) is 0 Å². The molecule has 45 heavy (non-hydrogen) atoms. The van der Waals surface area contributed by atoms with E-state index in [0.29, 0.717) is 34.3 Å². The van der Waals surface area contributed by atoms with Gasteiger partial charge in [-0.2, -0.15) is 0 Å². The van der Waals surface area contributed by atoms with Crippen LogP contribution in [-0.2, 0) is 4.74 Å². The van der Waals surface area contributed by atoms with E-state index in [1.807, 2.05) is 73.8 Å². The van der Waals surface area contributed by atoms with Crippen molar-refractivity contribution in [2.24, 2.45) is 11.8 Å². The number of ether oxygens (including phenoxy) is 1. The van der Waals surface area contributed by atoms with Crippen molar-refractivity contribution in [3.63, 3.8) is 0 Å². The van der Waals surface area contributed by atoms with Gasteiger partial charge in [0, 0.05) is 55.0 Å². The van der Waals surface area contributed by atoms with Crippen LogP contribution in [0.25, 0.3) is 0 Å². The van der Waals surface area contributed by atoms with E-state index in [4.69, 9.17) is 4.74 Å². The van der Waals surface area contributed by atoms with Crippen LogP contribution in [-0.4, -0.2) is 38.5 Å². The maximum atomic E-state index is 12.9. The first-order valence-corrected chi connectivity index (χ1v) is 14.8. The van der Waals surface area contributed by atoms with Gasteiger partial charge in [0.15, 0.2) is 6.23 Å². The van der Waals surface area contributed by atoms with Gasteiger partial charge in [0.05, 0.1) is 0 Å². The maximum Gasteiger partial charge on any atom is 0.255 e. The summed E-state index contributed by atoms with van der Waals surface area (Å²) in [6, 6.07) is 30.6. The van der Waals surface area contributed by atoms with Crippen molar-refractivity contribution in [3.8, 4) is 0 Å². The summed E-state index contributed by atoms with van der Waals surface area (Å²) in [7, 11) is 3.52. The standard InChI is InChI=1S/C30H30N4O3.C7H6O.H2/c1-31-24-8-10-25(11-9-24)32-28(35)20-4-3-5-21(17-20)29(36)33-26-12-14-27(15-13-26)34-30(37-2)22-7-6-19-16-23(19)18-22;8-6-7-4-2-1-3-5-7;/h3-15,17-19,23,30-31,34H,16H2,1-2H3,(H,32,35)(H,33,36);1-6H;1H. The van der Waals surface area contributed by atoms with Gasteiger partial charge in [-0.1, -0.05) is 54.6 Å². The number of amides is 2. The minimum Gasteiger partial charge on any atom is -0.388 e. The molecular weight excluding hydrogens is 564 g/mol. The fourth-order valence-corrected chi connectivity index (χ4v) is 4.90. The lowest BCUT2D eigenvalue weighted by molar-refractivity contribution is 0.102. The van der Waals surface area contributed by atoms with E-state index < -0.39 is 0 Å². The number of allylic oxidation sites excluding steroid dienone is 2. The Morgan fingerprint density at radius 1 is 0.778 bits per heavy atom. The third-order valence-corrected chi connectivity index (χ3v) is 7.57. The number of fused-ring (bicyclic) bond motifs is 1. The average molecular weight is 603 g/mol. The maximum absolute atomic E-state index is 12.9. The molecule has 0 saturated heterocycles. The fraction of sp³-hybridized carbons (Fsp3) is 0.162. The number of aldehydes is 1. The molecule has 1 fully saturated rings. The Morgan fingerprint density at radius 2 is 1.36 bits per heavy atom. The van der Waals surface area contributed by atoms with Crippen LogP contribution >= 0.6 is 0 Å². The number of hydrogen-bond acceptors (Lipinski definition) is 6. The lowest BCUT2D eigenvalue weighted by atomic mass is 10.1. The molecule has 2 aliphatic carbocycles. The number of hydrogen-bond donors (Lipinski definition) is 4. The highest BCUT2D eigenvalue weighted by Crippen LogP contribution is 2.44. The lowest BCUT2D eigenvalue weighted by Crippen LogP contribution is -2.24. The van der Waals surface area contributed by atoms with Crippen LogP contribution in [0.3, 0.4) is 0 Å². The van der Waals surface area contributed by atoms with E-state index in [9.17, 15) is 14.4 Å². The molecule has 0 aromatic heterocycles. The van der Waals surface area contributed by atoms with Crippen LogP contribution in [0.4, 0.5) is 22.7 Å². The number of carbonyl (C=O) groups excluding carboxylic acids is 3. The van der Waals surface area contributed by atoms with Crippen LogP contribution in [0, 0.1) is 11.8 Å². The summed E-state index contributed by atoms with van der Waals surface area (Å²) in [5.74, 6) is 0.775. The monoisotopic (exact) mass is 602 g/mol. The molecule has 1 saturated carbocycles. The molecule has 2 aliphatic rings. The molecule has 8 nitrogen and oxygen atoms in total. The highest BCUT2D eigenvalue weighted by molar-refractivity contribution is 6.08. The molecule has 0 aliphatic heterocycles. The van der Waals surface area contributed by atoms with Gasteiger partial charge < -0.3 is 26.0 Å². The number of benzene rings is 4. The second kappa shape index (κ2) is 14.8. The zero-order valence-electron chi connectivity index (χ0n) is 25.2. The molecule has 0 bridgehead atoms. The Bertz CT molecular complexity index is 1690. The highest BCUT2D eigenvalue weighted by Gasteiger charge is 2.36. The summed E-state index contributed by atoms with van der Waals surface area (Å²) in [6.45, 7) is 0. The molecule has 230 valence electrons. The predicted octanol–water partition coefficient (Wildman–Crippen LogP) is 7.49. The summed E-state index contributed by atoms with van der Waals surface area (Å²) >= 11 is 0. The van der Waals surface area contributed by atoms with Gasteiger partial charge in [0.25, 0.3) is 11.8 Å². The number of nitrogens with one attached hydrogen (secondary N) is 4. The summed E-state index contributed by atoms with van der Waals surface area (Å²) in [5, 5.41) is 12.2. The third-order valence-electron chi connectivity index (χ3n) is 7.57. The SMILES string of the molecule is CNc1ccc(NC(=O)c2cccc(C(=O)Nc3ccc(NC(OC)C4=CC5CC5C=C4)cc3)c2)cc1.O=Cc1ccccc1.[HH]. The predicted molar refractivity (Wildman–Crippen MR) is 182 cm³/mol. The van der Waals surface area contributed by atoms with Crippen LogP contribution in [0.15, 0.2) is 127 Å². The first-order valence-electron chi connectivity index (χ1n) is 14.8. The fourth-order valence-electron chi connectivity index (χ4n) is 4.90. The Hall–Kier alpha value is -5.47. The zero-order valence-corrected chi connectivity index (χ0v) is 25.2. The zero-order chi connectivity index (χ0) is 31.6. The quantitative estimate of drug-likeness (QED) is 0.111. The molecule has 0 spiro atoms. The summed E-state index contributed by atoms with van der Waals surface area (Å²) in [4.78, 5) is 35.6. The van der Waals surface area contributed by atoms with E-state index in [2.05, 4.69) is 39.5 Å². The summed E-state index contributed by atoms with van der Waals surface area (Å²) in [6.07, 6.45) is 8.51. The topological polar surface area (TPSA) is 109 Å². The molecule has 4 N–H and O–H groups in total. The first kappa shape index (κ1) is 31.0. The van der Waals surface area contributed by atoms with Crippen molar-refractivity contribution >= 4 is 40.9 Å². The molecule has 4 aromatic rings. The molecule has 6 rings (SSSR count). The van der Waals surface area contributed by atoms with Crippen molar-refractivity contribution in [1.29, 1.82) is 0 Å². The summed E-state index contributed by atoms with van der Waals surface area (Å²) < 4.78 is 5.66. The number of methoxy groups -OCH3 is 1. The van der Waals surface area contributed by atoms with Crippen molar-refractivity contribution in [3.05, 3.63) is 144 Å². The number of carbonyl (C=O) groups is 3. The highest BCUT2D eigenvalue weighted by atomic mass is 16.5. The van der Waals surface area contributed by atoms with Gasteiger partial charge in [-0.25, -0.2) is 0 Å². The lowest BCUT2D eigenvalue weighted by Gasteiger charge is -2.21. The van der Waals surface area contributed by atoms with Gasteiger partial charge in [0.1, 0.15) is 6.29 Å². The number of anilines is 4. The van der Waals surface area contributed by atoms with Crippen LogP contribution in [0.2, 0.25) is 0 Å². The Morgan fingerprint density at radius 3 is 1.87 bits per heavy atom. The number of rotatable bonds is 10. The van der Waals surface area contributed by atoms with E-state index in [-0.39, 0.29) is 19.5 Å². The van der Waals surface area contributed by atoms with Crippen LogP contribution in [0.1, 0.15) is 38.9 Å². The van der Waals surface area contributed by atoms with Gasteiger partial charge in [-0.3, -0.25) is 14.4 Å². The minimum atomic E-state index is -0.292. The smallest absolute Gasteiger partial charge is 0.255 e. The Labute approximate surface area is 264 Å². The third kappa shape index (κ3) is 8.55. The summed E-state index contributed by atoms with van der Waals surface area (Å²) in [5.41, 5.74) is 5.84. The van der Waals surface area contributed by atoms with Crippen molar-refractivity contribution in [1.82, 2.24) is 0 Å². The van der Waals surface area contributed by atoms with E-state index in [1.54, 1.807) is 43.5 Å². The molecule has 3 unspecified atom stereocenters. The average Bonchev–Trinajstić information content (AvgIpc) is 3.88. The molecule has 2 amide bonds. The van der Waals surface area contributed by atoms with Gasteiger partial charge in [0.2, 0.25) is 0 Å². The van der Waals surface area contributed by atoms with Crippen molar-refractivity contribution in [2.75, 3.05) is 35.4 Å². The minimum absolute atomic E-state index is 0. The molecule has 8 heteroatoms. The second-order valence-electron chi connectivity index (χ2n) is 10.8. The van der Waals surface area contributed by atoms with Crippen molar-refractivity contribution < 1.29 is 20.5 Å². The van der Waals surface area contributed by atoms with Gasteiger partial charge >= 0.3 is 0 Å². The van der Waals surface area contributed by atoms with E-state index >= 15 is 0 Å².